The van der Waals surface area contributed by atoms with Crippen LogP contribution in [0, 0.1) is 6.92 Å². The van der Waals surface area contributed by atoms with Crippen LogP contribution in [0.25, 0.3) is 0 Å². The van der Waals surface area contributed by atoms with Gasteiger partial charge in [-0.1, -0.05) is 0 Å². The average molecular weight is 216 g/mol. The Balaban J connectivity index is 2.59. The molecule has 1 unspecified atom stereocenters. The van der Waals surface area contributed by atoms with Crippen LogP contribution in [0.5, 0.6) is 0 Å². The third-order valence-electron chi connectivity index (χ3n) is 1.55. The van der Waals surface area contributed by atoms with Gasteiger partial charge in [-0.05, 0) is 6.92 Å². The molecular weight excluding hydrogens is 204 g/mol. The molecule has 14 heavy (non-hydrogen) atoms. The molecule has 0 aliphatic heterocycles. The standard InChI is InChI=1S/C8H12N2O3S/c1-5-4-14-8(9-5)10-6(3-13-2)7(11)12/h4,6H,3H2,1-2H3,(H,9,10)(H,11,12). The molecule has 0 bridgehead atoms. The van der Waals surface area contributed by atoms with Crippen molar-refractivity contribution in [1.29, 1.82) is 0 Å². The van der Waals surface area contributed by atoms with E-state index in [-0.39, 0.29) is 6.61 Å². The van der Waals surface area contributed by atoms with E-state index in [1.54, 1.807) is 0 Å². The Bertz CT molecular complexity index is 313. The smallest absolute Gasteiger partial charge is 0.328 e. The molecule has 0 aliphatic rings. The number of hydrogen-bond donors (Lipinski definition) is 2. The second-order valence-corrected chi connectivity index (χ2v) is 3.64. The Labute approximate surface area is 85.7 Å². The summed E-state index contributed by atoms with van der Waals surface area (Å²) in [4.78, 5) is 14.8. The highest BCUT2D eigenvalue weighted by Crippen LogP contribution is 2.15. The number of aliphatic carboxylic acids is 1. The van der Waals surface area contributed by atoms with Crippen LogP contribution in [0.1, 0.15) is 5.69 Å². The second kappa shape index (κ2) is 4.92. The highest BCUT2D eigenvalue weighted by atomic mass is 32.1. The monoisotopic (exact) mass is 216 g/mol. The van der Waals surface area contributed by atoms with Crippen molar-refractivity contribution in [2.24, 2.45) is 0 Å². The van der Waals surface area contributed by atoms with Gasteiger partial charge in [0.25, 0.3) is 0 Å². The van der Waals surface area contributed by atoms with E-state index >= 15 is 0 Å². The lowest BCUT2D eigenvalue weighted by molar-refractivity contribution is -0.139. The zero-order chi connectivity index (χ0) is 10.6. The predicted octanol–water partition coefficient (Wildman–Crippen LogP) is 0.963. The van der Waals surface area contributed by atoms with Crippen molar-refractivity contribution in [3.05, 3.63) is 11.1 Å². The summed E-state index contributed by atoms with van der Waals surface area (Å²) in [6.45, 7) is 1.97. The minimum Gasteiger partial charge on any atom is -0.480 e. The van der Waals surface area contributed by atoms with E-state index in [4.69, 9.17) is 9.84 Å². The number of nitrogens with one attached hydrogen (secondary N) is 1. The molecule has 0 amide bonds. The second-order valence-electron chi connectivity index (χ2n) is 2.78. The van der Waals surface area contributed by atoms with Crippen LogP contribution in [-0.4, -0.2) is 35.8 Å². The first-order chi connectivity index (χ1) is 6.63. The van der Waals surface area contributed by atoms with Crippen LogP contribution in [0.3, 0.4) is 0 Å². The topological polar surface area (TPSA) is 71.5 Å². The molecule has 1 aromatic rings. The maximum Gasteiger partial charge on any atom is 0.328 e. The quantitative estimate of drug-likeness (QED) is 0.767. The highest BCUT2D eigenvalue weighted by Gasteiger charge is 2.17. The molecule has 0 aliphatic carbocycles. The van der Waals surface area contributed by atoms with E-state index in [9.17, 15) is 4.79 Å². The average Bonchev–Trinajstić information content (AvgIpc) is 2.50. The summed E-state index contributed by atoms with van der Waals surface area (Å²) in [5.74, 6) is -0.945. The molecule has 0 spiro atoms. The number of thiazole rings is 1. The van der Waals surface area contributed by atoms with Gasteiger partial charge in [0.05, 0.1) is 12.3 Å². The first-order valence-electron chi connectivity index (χ1n) is 4.04. The Morgan fingerprint density at radius 1 is 1.86 bits per heavy atom. The number of carbonyl (C=O) groups is 1. The molecule has 1 atom stereocenters. The molecule has 2 N–H and O–H groups in total. The molecule has 1 aromatic heterocycles. The Morgan fingerprint density at radius 2 is 2.57 bits per heavy atom. The lowest BCUT2D eigenvalue weighted by Crippen LogP contribution is -2.33. The molecular formula is C8H12N2O3S. The zero-order valence-corrected chi connectivity index (χ0v) is 8.80. The summed E-state index contributed by atoms with van der Waals surface area (Å²) in [7, 11) is 1.46. The van der Waals surface area contributed by atoms with Gasteiger partial charge in [0, 0.05) is 12.5 Å². The van der Waals surface area contributed by atoms with E-state index in [0.29, 0.717) is 5.13 Å². The van der Waals surface area contributed by atoms with Crippen LogP contribution in [0.2, 0.25) is 0 Å². The summed E-state index contributed by atoms with van der Waals surface area (Å²) in [6, 6.07) is -0.745. The third kappa shape index (κ3) is 2.97. The number of hydrogen-bond acceptors (Lipinski definition) is 5. The van der Waals surface area contributed by atoms with E-state index in [1.165, 1.54) is 18.4 Å². The minimum absolute atomic E-state index is 0.119. The number of aromatic nitrogens is 1. The zero-order valence-electron chi connectivity index (χ0n) is 7.98. The van der Waals surface area contributed by atoms with Gasteiger partial charge in [-0.25, -0.2) is 9.78 Å². The van der Waals surface area contributed by atoms with Gasteiger partial charge in [0.15, 0.2) is 5.13 Å². The number of ether oxygens (including phenoxy) is 1. The number of carboxylic acids is 1. The van der Waals surface area contributed by atoms with Gasteiger partial charge in [-0.15, -0.1) is 11.3 Å². The van der Waals surface area contributed by atoms with Crippen molar-refractivity contribution >= 4 is 22.4 Å². The summed E-state index contributed by atoms with van der Waals surface area (Å²) in [5.41, 5.74) is 0.874. The predicted molar refractivity (Wildman–Crippen MR) is 53.8 cm³/mol. The molecule has 0 saturated heterocycles. The van der Waals surface area contributed by atoms with E-state index in [0.717, 1.165) is 5.69 Å². The summed E-state index contributed by atoms with van der Waals surface area (Å²) in [5, 5.41) is 14.0. The number of rotatable bonds is 5. The maximum atomic E-state index is 10.7. The van der Waals surface area contributed by atoms with Crippen LogP contribution < -0.4 is 5.32 Å². The van der Waals surface area contributed by atoms with E-state index < -0.39 is 12.0 Å². The number of carboxylic acid groups (broad SMARTS) is 1. The van der Waals surface area contributed by atoms with Crippen LogP contribution in [-0.2, 0) is 9.53 Å². The van der Waals surface area contributed by atoms with Gasteiger partial charge in [-0.3, -0.25) is 0 Å². The van der Waals surface area contributed by atoms with Crippen LogP contribution in [0.15, 0.2) is 5.38 Å². The van der Waals surface area contributed by atoms with Gasteiger partial charge in [-0.2, -0.15) is 0 Å². The molecule has 5 nitrogen and oxygen atoms in total. The summed E-state index contributed by atoms with van der Waals surface area (Å²) < 4.78 is 4.78. The maximum absolute atomic E-state index is 10.7. The molecule has 0 fully saturated rings. The van der Waals surface area contributed by atoms with Crippen molar-refractivity contribution in [2.75, 3.05) is 19.0 Å². The number of methoxy groups -OCH3 is 1. The molecule has 1 heterocycles. The van der Waals surface area contributed by atoms with Gasteiger partial charge < -0.3 is 15.2 Å². The minimum atomic E-state index is -0.945. The van der Waals surface area contributed by atoms with Crippen molar-refractivity contribution in [2.45, 2.75) is 13.0 Å². The lowest BCUT2D eigenvalue weighted by atomic mass is 10.3. The summed E-state index contributed by atoms with van der Waals surface area (Å²) in [6.07, 6.45) is 0. The Kier molecular flexibility index (Phi) is 3.84. The van der Waals surface area contributed by atoms with Crippen molar-refractivity contribution in [3.8, 4) is 0 Å². The van der Waals surface area contributed by atoms with Gasteiger partial charge in [0.1, 0.15) is 6.04 Å². The number of nitrogens with zero attached hydrogens (tertiary/aromatic N) is 1. The first-order valence-corrected chi connectivity index (χ1v) is 4.92. The fourth-order valence-corrected chi connectivity index (χ4v) is 1.65. The molecule has 0 radical (unpaired) electrons. The van der Waals surface area contributed by atoms with Crippen molar-refractivity contribution in [3.63, 3.8) is 0 Å². The summed E-state index contributed by atoms with van der Waals surface area (Å²) >= 11 is 1.38. The van der Waals surface area contributed by atoms with Crippen LogP contribution >= 0.6 is 11.3 Å². The fourth-order valence-electron chi connectivity index (χ4n) is 0.911. The first kappa shape index (κ1) is 10.9. The van der Waals surface area contributed by atoms with Crippen molar-refractivity contribution in [1.82, 2.24) is 4.98 Å². The Hall–Kier alpha value is -1.14. The normalized spacial score (nSPS) is 12.4. The molecule has 0 aromatic carbocycles. The largest absolute Gasteiger partial charge is 0.480 e. The van der Waals surface area contributed by atoms with Crippen molar-refractivity contribution < 1.29 is 14.6 Å². The Morgan fingerprint density at radius 3 is 3.00 bits per heavy atom. The molecule has 0 saturated carbocycles. The van der Waals surface area contributed by atoms with Crippen LogP contribution in [0.4, 0.5) is 5.13 Å². The highest BCUT2D eigenvalue weighted by molar-refractivity contribution is 7.13. The van der Waals surface area contributed by atoms with Gasteiger partial charge in [0.2, 0.25) is 0 Å². The third-order valence-corrected chi connectivity index (χ3v) is 2.44. The van der Waals surface area contributed by atoms with Gasteiger partial charge >= 0.3 is 5.97 Å². The fraction of sp³-hybridized carbons (Fsp3) is 0.500. The SMILES string of the molecule is COCC(Nc1nc(C)cs1)C(=O)O. The number of anilines is 1. The molecule has 6 heteroatoms. The lowest BCUT2D eigenvalue weighted by Gasteiger charge is -2.11. The molecule has 1 rings (SSSR count). The molecule has 78 valence electrons. The van der Waals surface area contributed by atoms with E-state index in [2.05, 4.69) is 10.3 Å². The van der Waals surface area contributed by atoms with E-state index in [1.807, 2.05) is 12.3 Å². The number of aryl methyl sites for hydroxylation is 1.